The van der Waals surface area contributed by atoms with Gasteiger partial charge in [0.05, 0.1) is 12.0 Å². The van der Waals surface area contributed by atoms with Gasteiger partial charge in [-0.15, -0.1) is 0 Å². The zero-order chi connectivity index (χ0) is 25.4. The second-order valence-corrected chi connectivity index (χ2v) is 9.09. The summed E-state index contributed by atoms with van der Waals surface area (Å²) in [5.41, 5.74) is 3.99. The van der Waals surface area contributed by atoms with Gasteiger partial charge in [0.1, 0.15) is 23.0 Å². The van der Waals surface area contributed by atoms with Crippen LogP contribution in [0.5, 0.6) is 0 Å². The first-order valence-electron chi connectivity index (χ1n) is 11.7. The minimum Gasteiger partial charge on any atom is -0.480 e. The number of carboxylic acid groups (broad SMARTS) is 1. The van der Waals surface area contributed by atoms with E-state index < -0.39 is 23.5 Å². The van der Waals surface area contributed by atoms with E-state index in [1.807, 2.05) is 57.2 Å². The normalized spacial score (nSPS) is 13.2. The Bertz CT molecular complexity index is 1500. The zero-order valence-electron chi connectivity index (χ0n) is 20.5. The number of benzene rings is 2. The van der Waals surface area contributed by atoms with Crippen LogP contribution < -0.4 is 10.9 Å². The first-order chi connectivity index (χ1) is 16.6. The number of carbonyl (C=O) groups excluding carboxylic acids is 1. The van der Waals surface area contributed by atoms with Crippen LogP contribution in [0.25, 0.3) is 33.1 Å². The van der Waals surface area contributed by atoms with E-state index in [2.05, 4.69) is 5.32 Å². The lowest BCUT2D eigenvalue weighted by Crippen LogP contribution is -2.45. The van der Waals surface area contributed by atoms with E-state index in [0.717, 1.165) is 22.3 Å². The van der Waals surface area contributed by atoms with Crippen molar-refractivity contribution in [2.24, 2.45) is 5.92 Å². The molecular formula is C28H29NO6. The fraction of sp³-hybridized carbons (Fsp3) is 0.321. The smallest absolute Gasteiger partial charge is 0.340 e. The molecule has 7 heteroatoms. The SMILES string of the molecule is CCC(C)C(NC(=O)Cc1c(C)c2cc3c(-c4ccccc4)c(C)oc3c(C)c2oc1=O)C(=O)O. The molecule has 0 aliphatic rings. The van der Waals surface area contributed by atoms with Gasteiger partial charge in [-0.1, -0.05) is 50.6 Å². The fourth-order valence-electron chi connectivity index (χ4n) is 4.61. The van der Waals surface area contributed by atoms with Crippen molar-refractivity contribution < 1.29 is 23.5 Å². The molecule has 4 aromatic rings. The number of aryl methyl sites for hydroxylation is 3. The molecule has 0 spiro atoms. The van der Waals surface area contributed by atoms with Crippen LogP contribution >= 0.6 is 0 Å². The van der Waals surface area contributed by atoms with Gasteiger partial charge < -0.3 is 19.3 Å². The minimum absolute atomic E-state index is 0.212. The summed E-state index contributed by atoms with van der Waals surface area (Å²) in [4.78, 5) is 37.2. The van der Waals surface area contributed by atoms with E-state index in [4.69, 9.17) is 8.83 Å². The number of hydrogen-bond acceptors (Lipinski definition) is 5. The third-order valence-corrected chi connectivity index (χ3v) is 6.83. The van der Waals surface area contributed by atoms with Crippen molar-refractivity contribution in [1.29, 1.82) is 0 Å². The Kier molecular flexibility index (Phi) is 6.52. The highest BCUT2D eigenvalue weighted by atomic mass is 16.4. The lowest BCUT2D eigenvalue weighted by Gasteiger charge is -2.20. The maximum absolute atomic E-state index is 12.9. The molecule has 0 aliphatic heterocycles. The largest absolute Gasteiger partial charge is 0.480 e. The molecule has 7 nitrogen and oxygen atoms in total. The molecule has 0 bridgehead atoms. The number of nitrogens with one attached hydrogen (secondary N) is 1. The van der Waals surface area contributed by atoms with Gasteiger partial charge in [-0.2, -0.15) is 0 Å². The Morgan fingerprint density at radius 2 is 1.66 bits per heavy atom. The number of fused-ring (bicyclic) bond motifs is 2. The molecule has 0 saturated carbocycles. The molecule has 35 heavy (non-hydrogen) atoms. The molecule has 2 N–H and O–H groups in total. The molecule has 2 atom stereocenters. The second-order valence-electron chi connectivity index (χ2n) is 9.09. The van der Waals surface area contributed by atoms with Gasteiger partial charge in [-0.25, -0.2) is 9.59 Å². The highest BCUT2D eigenvalue weighted by Crippen LogP contribution is 2.39. The van der Waals surface area contributed by atoms with Crippen LogP contribution in [-0.4, -0.2) is 23.0 Å². The summed E-state index contributed by atoms with van der Waals surface area (Å²) in [6, 6.07) is 10.8. The van der Waals surface area contributed by atoms with Crippen molar-refractivity contribution in [3.8, 4) is 11.1 Å². The second kappa shape index (κ2) is 9.41. The summed E-state index contributed by atoms with van der Waals surface area (Å²) < 4.78 is 11.8. The van der Waals surface area contributed by atoms with Crippen LogP contribution in [0, 0.1) is 26.7 Å². The summed E-state index contributed by atoms with van der Waals surface area (Å²) in [7, 11) is 0. The number of hydrogen-bond donors (Lipinski definition) is 2. The molecule has 0 aliphatic carbocycles. The maximum atomic E-state index is 12.9. The predicted molar refractivity (Wildman–Crippen MR) is 135 cm³/mol. The quantitative estimate of drug-likeness (QED) is 0.352. The van der Waals surface area contributed by atoms with Crippen LogP contribution in [0.2, 0.25) is 0 Å². The zero-order valence-corrected chi connectivity index (χ0v) is 20.5. The molecule has 2 heterocycles. The van der Waals surface area contributed by atoms with Crippen LogP contribution in [0.3, 0.4) is 0 Å². The molecule has 4 rings (SSSR count). The Morgan fingerprint density at radius 3 is 2.29 bits per heavy atom. The van der Waals surface area contributed by atoms with Crippen LogP contribution in [-0.2, 0) is 16.0 Å². The topological polar surface area (TPSA) is 110 Å². The van der Waals surface area contributed by atoms with Gasteiger partial charge in [0.15, 0.2) is 0 Å². The van der Waals surface area contributed by atoms with Crippen molar-refractivity contribution in [1.82, 2.24) is 5.32 Å². The van der Waals surface area contributed by atoms with Crippen LogP contribution in [0.4, 0.5) is 0 Å². The Morgan fingerprint density at radius 1 is 1.00 bits per heavy atom. The Balaban J connectivity index is 1.82. The van der Waals surface area contributed by atoms with E-state index in [9.17, 15) is 19.5 Å². The summed E-state index contributed by atoms with van der Waals surface area (Å²) in [5.74, 6) is -1.12. The number of rotatable bonds is 7. The van der Waals surface area contributed by atoms with Crippen LogP contribution in [0.15, 0.2) is 50.0 Å². The predicted octanol–water partition coefficient (Wildman–Crippen LogP) is 5.29. The monoisotopic (exact) mass is 475 g/mol. The molecule has 2 aromatic heterocycles. The lowest BCUT2D eigenvalue weighted by molar-refractivity contribution is -0.143. The van der Waals surface area contributed by atoms with Gasteiger partial charge >= 0.3 is 11.6 Å². The van der Waals surface area contributed by atoms with E-state index in [1.165, 1.54) is 0 Å². The first kappa shape index (κ1) is 24.3. The molecule has 0 saturated heterocycles. The van der Waals surface area contributed by atoms with Gasteiger partial charge in [0.25, 0.3) is 0 Å². The summed E-state index contributed by atoms with van der Waals surface area (Å²) in [6.07, 6.45) is 0.328. The van der Waals surface area contributed by atoms with Gasteiger partial charge in [-0.3, -0.25) is 4.79 Å². The third-order valence-electron chi connectivity index (χ3n) is 6.83. The van der Waals surface area contributed by atoms with Gasteiger partial charge in [0.2, 0.25) is 5.91 Å². The van der Waals surface area contributed by atoms with E-state index in [-0.39, 0.29) is 17.9 Å². The molecule has 0 fully saturated rings. The molecule has 1 amide bonds. The van der Waals surface area contributed by atoms with Crippen molar-refractivity contribution in [2.45, 2.75) is 53.5 Å². The lowest BCUT2D eigenvalue weighted by atomic mass is 9.96. The third kappa shape index (κ3) is 4.34. The summed E-state index contributed by atoms with van der Waals surface area (Å²) in [6.45, 7) is 9.16. The van der Waals surface area contributed by atoms with Crippen molar-refractivity contribution in [3.63, 3.8) is 0 Å². The minimum atomic E-state index is -1.10. The number of carboxylic acids is 1. The first-order valence-corrected chi connectivity index (χ1v) is 11.7. The number of amides is 1. The summed E-state index contributed by atoms with van der Waals surface area (Å²) >= 11 is 0. The van der Waals surface area contributed by atoms with E-state index >= 15 is 0 Å². The molecule has 0 radical (unpaired) electrons. The van der Waals surface area contributed by atoms with E-state index in [0.29, 0.717) is 34.1 Å². The van der Waals surface area contributed by atoms with Crippen LogP contribution in [0.1, 0.15) is 42.7 Å². The highest BCUT2D eigenvalue weighted by molar-refractivity contribution is 6.06. The van der Waals surface area contributed by atoms with E-state index in [1.54, 1.807) is 13.8 Å². The van der Waals surface area contributed by atoms with Gasteiger partial charge in [0, 0.05) is 21.9 Å². The number of carbonyl (C=O) groups is 2. The highest BCUT2D eigenvalue weighted by Gasteiger charge is 2.27. The molecular weight excluding hydrogens is 446 g/mol. The molecule has 2 aromatic carbocycles. The fourth-order valence-corrected chi connectivity index (χ4v) is 4.61. The average molecular weight is 476 g/mol. The number of aliphatic carboxylic acids is 1. The standard InChI is InChI=1S/C28H29NO6/c1-6-14(2)24(27(31)32)29-22(30)13-20-15(3)19-12-21-23(18-10-8-7-9-11-18)17(5)34-26(21)16(4)25(19)35-28(20)33/h7-12,14,24H,6,13H2,1-5H3,(H,29,30)(H,31,32). The van der Waals surface area contributed by atoms with Crippen molar-refractivity contribution in [3.05, 3.63) is 69.3 Å². The Hall–Kier alpha value is -3.87. The molecule has 182 valence electrons. The maximum Gasteiger partial charge on any atom is 0.340 e. The van der Waals surface area contributed by atoms with Crippen molar-refractivity contribution in [2.75, 3.05) is 0 Å². The Labute approximate surface area is 202 Å². The molecule has 2 unspecified atom stereocenters. The average Bonchev–Trinajstić information content (AvgIpc) is 3.17. The number of furan rings is 1. The van der Waals surface area contributed by atoms with Gasteiger partial charge in [-0.05, 0) is 43.9 Å². The van der Waals surface area contributed by atoms with Crippen molar-refractivity contribution >= 4 is 33.8 Å². The summed E-state index contributed by atoms with van der Waals surface area (Å²) in [5, 5.41) is 13.7.